The summed E-state index contributed by atoms with van der Waals surface area (Å²) in [6.45, 7) is 0.733. The van der Waals surface area contributed by atoms with Crippen LogP contribution in [0.3, 0.4) is 0 Å². The molecule has 0 aromatic heterocycles. The molecule has 94 valence electrons. The van der Waals surface area contributed by atoms with Crippen LogP contribution < -0.4 is 0 Å². The maximum absolute atomic E-state index is 11.5. The molecule has 3 heteroatoms. The number of hydrogen-bond donors (Lipinski definition) is 0. The van der Waals surface area contributed by atoms with Crippen molar-refractivity contribution in [1.82, 2.24) is 0 Å². The van der Waals surface area contributed by atoms with Gasteiger partial charge in [0.2, 0.25) is 0 Å². The predicted molar refractivity (Wildman–Crippen MR) is 63.3 cm³/mol. The number of carbonyl (C=O) groups is 1. The van der Waals surface area contributed by atoms with E-state index in [0.717, 1.165) is 32.3 Å². The molecule has 0 spiro atoms. The molecule has 0 unspecified atom stereocenters. The van der Waals surface area contributed by atoms with Crippen molar-refractivity contribution in [3.8, 4) is 0 Å². The number of esters is 1. The SMILES string of the molecule is COCCCCC(=O)OC1CCCCCC1. The summed E-state index contributed by atoms with van der Waals surface area (Å²) < 4.78 is 10.4. The van der Waals surface area contributed by atoms with Crippen molar-refractivity contribution < 1.29 is 14.3 Å². The lowest BCUT2D eigenvalue weighted by Crippen LogP contribution is -2.17. The molecule has 16 heavy (non-hydrogen) atoms. The summed E-state index contributed by atoms with van der Waals surface area (Å²) in [6, 6.07) is 0. The summed E-state index contributed by atoms with van der Waals surface area (Å²) in [5, 5.41) is 0. The smallest absolute Gasteiger partial charge is 0.306 e. The lowest BCUT2D eigenvalue weighted by Gasteiger charge is -2.15. The summed E-state index contributed by atoms with van der Waals surface area (Å²) >= 11 is 0. The fourth-order valence-electron chi connectivity index (χ4n) is 2.12. The van der Waals surface area contributed by atoms with Gasteiger partial charge in [-0.3, -0.25) is 4.79 Å². The van der Waals surface area contributed by atoms with E-state index >= 15 is 0 Å². The van der Waals surface area contributed by atoms with E-state index in [0.29, 0.717) is 6.42 Å². The minimum absolute atomic E-state index is 0.0250. The Labute approximate surface area is 98.5 Å². The van der Waals surface area contributed by atoms with Crippen molar-refractivity contribution in [1.29, 1.82) is 0 Å². The van der Waals surface area contributed by atoms with E-state index in [1.54, 1.807) is 7.11 Å². The minimum atomic E-state index is -0.0250. The van der Waals surface area contributed by atoms with E-state index in [1.807, 2.05) is 0 Å². The third kappa shape index (κ3) is 6.11. The topological polar surface area (TPSA) is 35.5 Å². The number of ether oxygens (including phenoxy) is 2. The standard InChI is InChI=1S/C13H24O3/c1-15-11-7-6-10-13(14)16-12-8-4-2-3-5-9-12/h12H,2-11H2,1H3. The molecule has 0 aromatic rings. The van der Waals surface area contributed by atoms with Gasteiger partial charge in [-0.15, -0.1) is 0 Å². The average molecular weight is 228 g/mol. The van der Waals surface area contributed by atoms with E-state index in [4.69, 9.17) is 9.47 Å². The number of rotatable bonds is 6. The predicted octanol–water partition coefficient (Wildman–Crippen LogP) is 3.07. The maximum atomic E-state index is 11.5. The highest BCUT2D eigenvalue weighted by atomic mass is 16.5. The second-order valence-corrected chi connectivity index (χ2v) is 4.55. The minimum Gasteiger partial charge on any atom is -0.462 e. The molecule has 1 aliphatic rings. The number of hydrogen-bond acceptors (Lipinski definition) is 3. The Balaban J connectivity index is 2.07. The van der Waals surface area contributed by atoms with Gasteiger partial charge in [0.25, 0.3) is 0 Å². The highest BCUT2D eigenvalue weighted by Gasteiger charge is 2.16. The molecule has 0 aliphatic heterocycles. The number of unbranched alkanes of at least 4 members (excludes halogenated alkanes) is 1. The van der Waals surface area contributed by atoms with Gasteiger partial charge in [0, 0.05) is 20.1 Å². The molecule has 0 bridgehead atoms. The molecule has 3 nitrogen and oxygen atoms in total. The molecule has 0 heterocycles. The zero-order chi connectivity index (χ0) is 11.6. The van der Waals surface area contributed by atoms with Gasteiger partial charge >= 0.3 is 5.97 Å². The molecule has 1 aliphatic carbocycles. The van der Waals surface area contributed by atoms with Crippen LogP contribution in [-0.2, 0) is 14.3 Å². The van der Waals surface area contributed by atoms with E-state index in [9.17, 15) is 4.79 Å². The highest BCUT2D eigenvalue weighted by molar-refractivity contribution is 5.69. The first-order valence-electron chi connectivity index (χ1n) is 6.51. The molecule has 0 atom stereocenters. The van der Waals surface area contributed by atoms with Gasteiger partial charge in [-0.25, -0.2) is 0 Å². The van der Waals surface area contributed by atoms with Crippen molar-refractivity contribution in [2.24, 2.45) is 0 Å². The molecule has 0 saturated heterocycles. The molecular formula is C13H24O3. The first kappa shape index (κ1) is 13.5. The molecule has 1 fully saturated rings. The summed E-state index contributed by atoms with van der Waals surface area (Å²) in [7, 11) is 1.68. The summed E-state index contributed by atoms with van der Waals surface area (Å²) in [4.78, 5) is 11.5. The first-order chi connectivity index (χ1) is 7.83. The van der Waals surface area contributed by atoms with Crippen LogP contribution in [0.25, 0.3) is 0 Å². The Kier molecular flexibility index (Phi) is 7.23. The van der Waals surface area contributed by atoms with Crippen molar-refractivity contribution in [3.63, 3.8) is 0 Å². The second-order valence-electron chi connectivity index (χ2n) is 4.55. The zero-order valence-electron chi connectivity index (χ0n) is 10.4. The molecule has 0 amide bonds. The van der Waals surface area contributed by atoms with E-state index in [2.05, 4.69) is 0 Å². The third-order valence-corrected chi connectivity index (χ3v) is 3.08. The Bertz CT molecular complexity index is 184. The number of methoxy groups -OCH3 is 1. The Hall–Kier alpha value is -0.570. The average Bonchev–Trinajstić information content (AvgIpc) is 2.53. The first-order valence-corrected chi connectivity index (χ1v) is 6.51. The monoisotopic (exact) mass is 228 g/mol. The Morgan fingerprint density at radius 1 is 1.12 bits per heavy atom. The Morgan fingerprint density at radius 2 is 1.81 bits per heavy atom. The lowest BCUT2D eigenvalue weighted by atomic mass is 10.1. The van der Waals surface area contributed by atoms with Gasteiger partial charge in [0.15, 0.2) is 0 Å². The van der Waals surface area contributed by atoms with Crippen LogP contribution in [0.2, 0.25) is 0 Å². The summed E-state index contributed by atoms with van der Waals surface area (Å²) in [5.41, 5.74) is 0. The van der Waals surface area contributed by atoms with Crippen LogP contribution in [0.4, 0.5) is 0 Å². The molecule has 1 rings (SSSR count). The molecule has 0 N–H and O–H groups in total. The quantitative estimate of drug-likeness (QED) is 0.398. The van der Waals surface area contributed by atoms with Gasteiger partial charge < -0.3 is 9.47 Å². The van der Waals surface area contributed by atoms with Crippen LogP contribution in [0.1, 0.15) is 57.8 Å². The van der Waals surface area contributed by atoms with Crippen LogP contribution >= 0.6 is 0 Å². The number of carbonyl (C=O) groups excluding carboxylic acids is 1. The fraction of sp³-hybridized carbons (Fsp3) is 0.923. The van der Waals surface area contributed by atoms with E-state index in [1.165, 1.54) is 25.7 Å². The van der Waals surface area contributed by atoms with Crippen LogP contribution in [0.5, 0.6) is 0 Å². The molecular weight excluding hydrogens is 204 g/mol. The summed E-state index contributed by atoms with van der Waals surface area (Å²) in [5.74, 6) is -0.0250. The zero-order valence-corrected chi connectivity index (χ0v) is 10.4. The highest BCUT2D eigenvalue weighted by Crippen LogP contribution is 2.20. The normalized spacial score (nSPS) is 18.1. The van der Waals surface area contributed by atoms with Gasteiger partial charge in [0.1, 0.15) is 6.10 Å². The van der Waals surface area contributed by atoms with E-state index in [-0.39, 0.29) is 12.1 Å². The largest absolute Gasteiger partial charge is 0.462 e. The van der Waals surface area contributed by atoms with Crippen LogP contribution in [0, 0.1) is 0 Å². The van der Waals surface area contributed by atoms with Crippen molar-refractivity contribution in [2.45, 2.75) is 63.9 Å². The van der Waals surface area contributed by atoms with E-state index < -0.39 is 0 Å². The lowest BCUT2D eigenvalue weighted by molar-refractivity contribution is -0.149. The molecule has 1 saturated carbocycles. The van der Waals surface area contributed by atoms with Crippen molar-refractivity contribution in [3.05, 3.63) is 0 Å². The van der Waals surface area contributed by atoms with Gasteiger partial charge in [0.05, 0.1) is 0 Å². The Morgan fingerprint density at radius 3 is 2.44 bits per heavy atom. The summed E-state index contributed by atoms with van der Waals surface area (Å²) in [6.07, 6.45) is 9.67. The third-order valence-electron chi connectivity index (χ3n) is 3.08. The van der Waals surface area contributed by atoms with Crippen molar-refractivity contribution >= 4 is 5.97 Å². The van der Waals surface area contributed by atoms with Crippen LogP contribution in [-0.4, -0.2) is 25.8 Å². The van der Waals surface area contributed by atoms with Crippen LogP contribution in [0.15, 0.2) is 0 Å². The van der Waals surface area contributed by atoms with Crippen molar-refractivity contribution in [2.75, 3.05) is 13.7 Å². The fourth-order valence-corrected chi connectivity index (χ4v) is 2.12. The van der Waals surface area contributed by atoms with Gasteiger partial charge in [-0.2, -0.15) is 0 Å². The van der Waals surface area contributed by atoms with Gasteiger partial charge in [-0.1, -0.05) is 12.8 Å². The van der Waals surface area contributed by atoms with Gasteiger partial charge in [-0.05, 0) is 38.5 Å². The maximum Gasteiger partial charge on any atom is 0.306 e. The molecule has 0 aromatic carbocycles. The second kappa shape index (κ2) is 8.57. The molecule has 0 radical (unpaired) electrons.